The average molecular weight is 302 g/mol. The maximum atomic E-state index is 10.1. The minimum Gasteiger partial charge on any atom is -0.504 e. The number of halogens is 1. The van der Waals surface area contributed by atoms with Gasteiger partial charge in [-0.05, 0) is 17.9 Å². The lowest BCUT2D eigenvalue weighted by Crippen LogP contribution is -2.40. The number of benzene rings is 1. The van der Waals surface area contributed by atoms with E-state index in [1.165, 1.54) is 7.11 Å². The van der Waals surface area contributed by atoms with Crippen molar-refractivity contribution in [3.63, 3.8) is 0 Å². The molecule has 1 aromatic carbocycles. The molecule has 4 nitrogen and oxygen atoms in total. The van der Waals surface area contributed by atoms with Gasteiger partial charge in [-0.15, -0.1) is 0 Å². The van der Waals surface area contributed by atoms with Crippen LogP contribution in [-0.2, 0) is 6.54 Å². The first-order valence-corrected chi connectivity index (χ1v) is 7.07. The van der Waals surface area contributed by atoms with Crippen molar-refractivity contribution < 1.29 is 14.9 Å². The number of phenolic OH excluding ortho intramolecular Hbond substituents is 1. The molecule has 0 aromatic heterocycles. The molecule has 20 heavy (non-hydrogen) atoms. The number of hydrogen-bond donors (Lipinski definition) is 3. The van der Waals surface area contributed by atoms with Gasteiger partial charge < -0.3 is 20.3 Å². The molecule has 0 heterocycles. The lowest BCUT2D eigenvalue weighted by atomic mass is 9.85. The Bertz CT molecular complexity index is 443. The largest absolute Gasteiger partial charge is 0.504 e. The summed E-state index contributed by atoms with van der Waals surface area (Å²) in [6, 6.07) is 3.43. The highest BCUT2D eigenvalue weighted by Crippen LogP contribution is 2.33. The lowest BCUT2D eigenvalue weighted by molar-refractivity contribution is 0.196. The Morgan fingerprint density at radius 3 is 2.50 bits per heavy atom. The normalized spacial score (nSPS) is 13.3. The van der Waals surface area contributed by atoms with Crippen LogP contribution in [0, 0.1) is 5.41 Å². The molecule has 0 aliphatic heterocycles. The van der Waals surface area contributed by atoms with Gasteiger partial charge in [-0.2, -0.15) is 0 Å². The van der Waals surface area contributed by atoms with Gasteiger partial charge in [-0.1, -0.05) is 32.4 Å². The highest BCUT2D eigenvalue weighted by atomic mass is 35.5. The zero-order valence-corrected chi connectivity index (χ0v) is 13.3. The summed E-state index contributed by atoms with van der Waals surface area (Å²) < 4.78 is 5.09. The number of hydrogen-bond acceptors (Lipinski definition) is 4. The third-order valence-corrected chi connectivity index (χ3v) is 3.56. The van der Waals surface area contributed by atoms with Crippen LogP contribution in [0.1, 0.15) is 32.8 Å². The molecule has 0 saturated carbocycles. The molecule has 1 atom stereocenters. The lowest BCUT2D eigenvalue weighted by Gasteiger charge is -2.31. The van der Waals surface area contributed by atoms with Crippen LogP contribution < -0.4 is 10.1 Å². The van der Waals surface area contributed by atoms with E-state index in [2.05, 4.69) is 26.1 Å². The van der Waals surface area contributed by atoms with Crippen LogP contribution in [0.25, 0.3) is 0 Å². The molecular weight excluding hydrogens is 278 g/mol. The zero-order valence-electron chi connectivity index (χ0n) is 12.5. The molecule has 0 radical (unpaired) electrons. The Kier molecular flexibility index (Phi) is 6.11. The van der Waals surface area contributed by atoms with E-state index < -0.39 is 0 Å². The van der Waals surface area contributed by atoms with Crippen LogP contribution in [0.2, 0.25) is 5.02 Å². The van der Waals surface area contributed by atoms with E-state index in [-0.39, 0.29) is 23.8 Å². The predicted molar refractivity (Wildman–Crippen MR) is 81.5 cm³/mol. The van der Waals surface area contributed by atoms with Gasteiger partial charge in [0, 0.05) is 35.8 Å². The Balaban J connectivity index is 2.85. The van der Waals surface area contributed by atoms with Crippen LogP contribution in [0.3, 0.4) is 0 Å². The molecule has 3 N–H and O–H groups in total. The Morgan fingerprint density at radius 2 is 2.00 bits per heavy atom. The van der Waals surface area contributed by atoms with Crippen LogP contribution in [0.4, 0.5) is 0 Å². The number of nitrogens with one attached hydrogen (secondary N) is 1. The fraction of sp³-hybridized carbons (Fsp3) is 0.600. The van der Waals surface area contributed by atoms with Crippen molar-refractivity contribution in [2.75, 3.05) is 13.7 Å². The van der Waals surface area contributed by atoms with E-state index in [4.69, 9.17) is 21.4 Å². The first-order valence-electron chi connectivity index (χ1n) is 6.69. The molecule has 1 unspecified atom stereocenters. The first-order chi connectivity index (χ1) is 9.29. The molecule has 114 valence electrons. The Hall–Kier alpha value is -0.970. The van der Waals surface area contributed by atoms with Gasteiger partial charge in [0.15, 0.2) is 11.5 Å². The number of ether oxygens (including phenoxy) is 1. The summed E-state index contributed by atoms with van der Waals surface area (Å²) >= 11 is 6.01. The molecule has 0 saturated heterocycles. The Labute approximate surface area is 125 Å². The van der Waals surface area contributed by atoms with Gasteiger partial charge >= 0.3 is 0 Å². The average Bonchev–Trinajstić information content (AvgIpc) is 2.36. The van der Waals surface area contributed by atoms with Crippen LogP contribution >= 0.6 is 11.6 Å². The van der Waals surface area contributed by atoms with Crippen molar-refractivity contribution >= 4 is 11.6 Å². The molecule has 0 spiro atoms. The van der Waals surface area contributed by atoms with Gasteiger partial charge in [-0.25, -0.2) is 0 Å². The quantitative estimate of drug-likeness (QED) is 0.756. The summed E-state index contributed by atoms with van der Waals surface area (Å²) in [6.07, 6.45) is 0.655. The highest BCUT2D eigenvalue weighted by Gasteiger charge is 2.24. The van der Waals surface area contributed by atoms with Gasteiger partial charge in [0.25, 0.3) is 0 Å². The molecule has 0 fully saturated rings. The minimum atomic E-state index is 0.0149. The third-order valence-electron chi connectivity index (χ3n) is 3.34. The molecule has 0 amide bonds. The summed E-state index contributed by atoms with van der Waals surface area (Å²) in [5.74, 6) is 0.463. The number of aromatic hydroxyl groups is 1. The maximum Gasteiger partial charge on any atom is 0.162 e. The third kappa shape index (κ3) is 4.54. The van der Waals surface area contributed by atoms with E-state index in [1.54, 1.807) is 12.1 Å². The fourth-order valence-corrected chi connectivity index (χ4v) is 2.35. The summed E-state index contributed by atoms with van der Waals surface area (Å²) in [7, 11) is 1.49. The monoisotopic (exact) mass is 301 g/mol. The minimum absolute atomic E-state index is 0.0149. The van der Waals surface area contributed by atoms with Gasteiger partial charge in [0.1, 0.15) is 0 Å². The molecular formula is C15H24ClNO3. The molecule has 0 aliphatic carbocycles. The number of methoxy groups -OCH3 is 1. The van der Waals surface area contributed by atoms with Gasteiger partial charge in [0.05, 0.1) is 7.11 Å². The SMILES string of the molecule is COc1cc(Cl)cc(CNC(CCO)C(C)(C)C)c1O. The molecule has 1 aromatic rings. The van der Waals surface area contributed by atoms with Gasteiger partial charge in [-0.3, -0.25) is 0 Å². The summed E-state index contributed by atoms with van der Waals surface area (Å²) in [5, 5.41) is 23.1. The summed E-state index contributed by atoms with van der Waals surface area (Å²) in [4.78, 5) is 0. The van der Waals surface area contributed by atoms with Crippen LogP contribution in [-0.4, -0.2) is 30.0 Å². The van der Waals surface area contributed by atoms with Crippen molar-refractivity contribution in [2.24, 2.45) is 5.41 Å². The smallest absolute Gasteiger partial charge is 0.162 e. The molecule has 5 heteroatoms. The number of aliphatic hydroxyl groups is 1. The van der Waals surface area contributed by atoms with Crippen molar-refractivity contribution in [1.29, 1.82) is 0 Å². The van der Waals surface area contributed by atoms with E-state index in [1.807, 2.05) is 0 Å². The van der Waals surface area contributed by atoms with Crippen molar-refractivity contribution in [3.8, 4) is 11.5 Å². The second kappa shape index (κ2) is 7.16. The number of aliphatic hydroxyl groups excluding tert-OH is 1. The standard InChI is InChI=1S/C15H24ClNO3/c1-15(2,3)13(5-6-18)17-9-10-7-11(16)8-12(20-4)14(10)19/h7-8,13,17-19H,5-6,9H2,1-4H3. The van der Waals surface area contributed by atoms with E-state index in [0.29, 0.717) is 29.3 Å². The van der Waals surface area contributed by atoms with E-state index in [0.717, 1.165) is 0 Å². The van der Waals surface area contributed by atoms with Gasteiger partial charge in [0.2, 0.25) is 0 Å². The predicted octanol–water partition coefficient (Wildman–Crippen LogP) is 2.94. The van der Waals surface area contributed by atoms with Crippen LogP contribution in [0.15, 0.2) is 12.1 Å². The number of rotatable bonds is 6. The van der Waals surface area contributed by atoms with Crippen molar-refractivity contribution in [3.05, 3.63) is 22.7 Å². The first kappa shape index (κ1) is 17.1. The molecule has 1 rings (SSSR count). The Morgan fingerprint density at radius 1 is 1.35 bits per heavy atom. The number of phenols is 1. The second-order valence-electron chi connectivity index (χ2n) is 5.93. The fourth-order valence-electron chi connectivity index (χ4n) is 2.12. The van der Waals surface area contributed by atoms with E-state index in [9.17, 15) is 5.11 Å². The summed E-state index contributed by atoms with van der Waals surface area (Å²) in [6.45, 7) is 6.92. The maximum absolute atomic E-state index is 10.1. The summed E-state index contributed by atoms with van der Waals surface area (Å²) in [5.41, 5.74) is 0.697. The van der Waals surface area contributed by atoms with Crippen molar-refractivity contribution in [2.45, 2.75) is 39.8 Å². The highest BCUT2D eigenvalue weighted by molar-refractivity contribution is 6.30. The van der Waals surface area contributed by atoms with Crippen molar-refractivity contribution in [1.82, 2.24) is 5.32 Å². The van der Waals surface area contributed by atoms with Crippen LogP contribution in [0.5, 0.6) is 11.5 Å². The van der Waals surface area contributed by atoms with E-state index >= 15 is 0 Å². The molecule has 0 bridgehead atoms. The zero-order chi connectivity index (χ0) is 15.3. The topological polar surface area (TPSA) is 61.7 Å². The second-order valence-corrected chi connectivity index (χ2v) is 6.36. The molecule has 0 aliphatic rings.